The van der Waals surface area contributed by atoms with Crippen molar-refractivity contribution in [2.75, 3.05) is 11.8 Å². The van der Waals surface area contributed by atoms with Crippen LogP contribution in [0.4, 0.5) is 5.82 Å². The SMILES string of the molecule is COc1ccccc1Oc1nc(Cl)cc(NS(=O)(=O)c2ccc(C(C)(C)C)cc2)n1. The zero-order valence-corrected chi connectivity index (χ0v) is 18.6. The number of anilines is 1. The van der Waals surface area contributed by atoms with Crippen molar-refractivity contribution in [1.29, 1.82) is 0 Å². The number of benzene rings is 2. The molecule has 7 nitrogen and oxygen atoms in total. The van der Waals surface area contributed by atoms with Crippen LogP contribution in [0.15, 0.2) is 59.5 Å². The summed E-state index contributed by atoms with van der Waals surface area (Å²) in [7, 11) is -2.37. The first-order chi connectivity index (χ1) is 14.1. The van der Waals surface area contributed by atoms with E-state index in [-0.39, 0.29) is 27.3 Å². The highest BCUT2D eigenvalue weighted by molar-refractivity contribution is 7.92. The van der Waals surface area contributed by atoms with Crippen LogP contribution in [0.5, 0.6) is 17.5 Å². The minimum Gasteiger partial charge on any atom is -0.493 e. The number of hydrogen-bond donors (Lipinski definition) is 1. The molecular formula is C21H22ClN3O4S. The minimum absolute atomic E-state index is 0.0141. The van der Waals surface area contributed by atoms with Gasteiger partial charge in [-0.15, -0.1) is 0 Å². The number of para-hydroxylation sites is 2. The highest BCUT2D eigenvalue weighted by Gasteiger charge is 2.19. The number of aromatic nitrogens is 2. The molecule has 30 heavy (non-hydrogen) atoms. The van der Waals surface area contributed by atoms with E-state index in [1.54, 1.807) is 48.5 Å². The summed E-state index contributed by atoms with van der Waals surface area (Å²) in [6, 6.07) is 14.8. The molecule has 1 N–H and O–H groups in total. The molecule has 3 aromatic rings. The fourth-order valence-electron chi connectivity index (χ4n) is 2.63. The first kappa shape index (κ1) is 21.9. The van der Waals surface area contributed by atoms with Crippen molar-refractivity contribution >= 4 is 27.4 Å². The Kier molecular flexibility index (Phi) is 6.19. The number of halogens is 1. The van der Waals surface area contributed by atoms with Gasteiger partial charge in [-0.05, 0) is 35.2 Å². The molecule has 0 unspecified atom stereocenters. The average Bonchev–Trinajstić information content (AvgIpc) is 2.67. The first-order valence-electron chi connectivity index (χ1n) is 9.07. The van der Waals surface area contributed by atoms with E-state index in [1.807, 2.05) is 0 Å². The van der Waals surface area contributed by atoms with Crippen molar-refractivity contribution < 1.29 is 17.9 Å². The number of rotatable bonds is 6. The van der Waals surface area contributed by atoms with Crippen molar-refractivity contribution in [3.05, 3.63) is 65.3 Å². The number of nitrogens with one attached hydrogen (secondary N) is 1. The average molecular weight is 448 g/mol. The van der Waals surface area contributed by atoms with Gasteiger partial charge in [-0.1, -0.05) is 56.6 Å². The topological polar surface area (TPSA) is 90.4 Å². The van der Waals surface area contributed by atoms with Gasteiger partial charge in [0.05, 0.1) is 12.0 Å². The van der Waals surface area contributed by atoms with Gasteiger partial charge in [0.1, 0.15) is 11.0 Å². The summed E-state index contributed by atoms with van der Waals surface area (Å²) in [6.45, 7) is 6.17. The number of ether oxygens (including phenoxy) is 2. The highest BCUT2D eigenvalue weighted by atomic mass is 35.5. The third kappa shape index (κ3) is 5.20. The van der Waals surface area contributed by atoms with Gasteiger partial charge < -0.3 is 9.47 Å². The van der Waals surface area contributed by atoms with Gasteiger partial charge in [0.2, 0.25) is 0 Å². The molecule has 0 fully saturated rings. The lowest BCUT2D eigenvalue weighted by Gasteiger charge is -2.19. The Morgan fingerprint density at radius 3 is 2.20 bits per heavy atom. The zero-order chi connectivity index (χ0) is 21.9. The van der Waals surface area contributed by atoms with Crippen LogP contribution in [0.2, 0.25) is 5.15 Å². The summed E-state index contributed by atoms with van der Waals surface area (Å²) in [6.07, 6.45) is 0. The third-order valence-electron chi connectivity index (χ3n) is 4.21. The maximum absolute atomic E-state index is 12.8. The molecule has 0 aliphatic heterocycles. The monoisotopic (exact) mass is 447 g/mol. The van der Waals surface area contributed by atoms with Crippen molar-refractivity contribution in [2.45, 2.75) is 31.1 Å². The molecule has 0 aliphatic carbocycles. The lowest BCUT2D eigenvalue weighted by molar-refractivity contribution is 0.368. The van der Waals surface area contributed by atoms with Crippen LogP contribution in [0.1, 0.15) is 26.3 Å². The Hall–Kier alpha value is -2.84. The van der Waals surface area contributed by atoms with Crippen LogP contribution in [0.25, 0.3) is 0 Å². The Bertz CT molecular complexity index is 1140. The van der Waals surface area contributed by atoms with Gasteiger partial charge in [0.25, 0.3) is 10.0 Å². The zero-order valence-electron chi connectivity index (χ0n) is 17.0. The second-order valence-corrected chi connectivity index (χ2v) is 9.56. The molecule has 2 aromatic carbocycles. The van der Waals surface area contributed by atoms with E-state index in [2.05, 4.69) is 35.5 Å². The number of hydrogen-bond acceptors (Lipinski definition) is 6. The molecule has 0 saturated heterocycles. The summed E-state index contributed by atoms with van der Waals surface area (Å²) >= 11 is 6.04. The Morgan fingerprint density at radius 1 is 0.967 bits per heavy atom. The largest absolute Gasteiger partial charge is 0.493 e. The lowest BCUT2D eigenvalue weighted by atomic mass is 9.87. The summed E-state index contributed by atoms with van der Waals surface area (Å²) in [5.41, 5.74) is 0.944. The van der Waals surface area contributed by atoms with Crippen LogP contribution in [-0.4, -0.2) is 25.5 Å². The second-order valence-electron chi connectivity index (χ2n) is 7.49. The van der Waals surface area contributed by atoms with Crippen LogP contribution < -0.4 is 14.2 Å². The van der Waals surface area contributed by atoms with E-state index in [0.717, 1.165) is 5.56 Å². The van der Waals surface area contributed by atoms with Gasteiger partial charge in [-0.3, -0.25) is 4.72 Å². The Balaban J connectivity index is 1.86. The third-order valence-corrected chi connectivity index (χ3v) is 5.78. The predicted molar refractivity (Wildman–Crippen MR) is 116 cm³/mol. The minimum atomic E-state index is -3.87. The van der Waals surface area contributed by atoms with Crippen molar-refractivity contribution in [2.24, 2.45) is 0 Å². The molecule has 158 valence electrons. The second kappa shape index (κ2) is 8.49. The first-order valence-corrected chi connectivity index (χ1v) is 10.9. The van der Waals surface area contributed by atoms with E-state index >= 15 is 0 Å². The molecular weight excluding hydrogens is 426 g/mol. The number of sulfonamides is 1. The van der Waals surface area contributed by atoms with Crippen LogP contribution in [0, 0.1) is 0 Å². The molecule has 3 rings (SSSR count). The molecule has 0 aliphatic rings. The van der Waals surface area contributed by atoms with Gasteiger partial charge in [-0.25, -0.2) is 8.42 Å². The fourth-order valence-corrected chi connectivity index (χ4v) is 3.79. The number of methoxy groups -OCH3 is 1. The van der Waals surface area contributed by atoms with Crippen molar-refractivity contribution in [1.82, 2.24) is 9.97 Å². The maximum atomic E-state index is 12.8. The van der Waals surface area contributed by atoms with E-state index in [0.29, 0.717) is 11.5 Å². The summed E-state index contributed by atoms with van der Waals surface area (Å²) in [5, 5.41) is 0.0238. The fraction of sp³-hybridized carbons (Fsp3) is 0.238. The molecule has 0 atom stereocenters. The van der Waals surface area contributed by atoms with Gasteiger partial charge in [-0.2, -0.15) is 9.97 Å². The van der Waals surface area contributed by atoms with Crippen LogP contribution in [-0.2, 0) is 15.4 Å². The predicted octanol–water partition coefficient (Wildman–Crippen LogP) is 5.03. The van der Waals surface area contributed by atoms with Crippen LogP contribution >= 0.6 is 11.6 Å². The summed E-state index contributed by atoms with van der Waals surface area (Å²) in [5.74, 6) is 0.829. The quantitative estimate of drug-likeness (QED) is 0.533. The number of nitrogens with zero attached hydrogens (tertiary/aromatic N) is 2. The molecule has 9 heteroatoms. The van der Waals surface area contributed by atoms with Crippen molar-refractivity contribution in [3.63, 3.8) is 0 Å². The Morgan fingerprint density at radius 2 is 1.60 bits per heavy atom. The molecule has 1 aromatic heterocycles. The molecule has 1 heterocycles. The van der Waals surface area contributed by atoms with E-state index in [1.165, 1.54) is 13.2 Å². The molecule has 0 saturated carbocycles. The normalized spacial score (nSPS) is 11.8. The smallest absolute Gasteiger partial charge is 0.325 e. The summed E-state index contributed by atoms with van der Waals surface area (Å²) < 4.78 is 38.8. The van der Waals surface area contributed by atoms with Gasteiger partial charge >= 0.3 is 6.01 Å². The molecule has 0 radical (unpaired) electrons. The van der Waals surface area contributed by atoms with E-state index in [4.69, 9.17) is 21.1 Å². The van der Waals surface area contributed by atoms with E-state index < -0.39 is 10.0 Å². The molecule has 0 bridgehead atoms. The lowest BCUT2D eigenvalue weighted by Crippen LogP contribution is -2.16. The standard InChI is InChI=1S/C21H22ClN3O4S/c1-21(2,3)14-9-11-15(12-10-14)30(26,27)25-19-13-18(22)23-20(24-19)29-17-8-6-5-7-16(17)28-4/h5-13H,1-4H3,(H,23,24,25). The van der Waals surface area contributed by atoms with Gasteiger partial charge in [0, 0.05) is 6.07 Å². The van der Waals surface area contributed by atoms with Gasteiger partial charge in [0.15, 0.2) is 11.5 Å². The van der Waals surface area contributed by atoms with Crippen molar-refractivity contribution in [3.8, 4) is 17.5 Å². The Labute approximate surface area is 181 Å². The van der Waals surface area contributed by atoms with E-state index in [9.17, 15) is 8.42 Å². The summed E-state index contributed by atoms with van der Waals surface area (Å²) in [4.78, 5) is 8.20. The molecule has 0 spiro atoms. The highest BCUT2D eigenvalue weighted by Crippen LogP contribution is 2.31. The maximum Gasteiger partial charge on any atom is 0.325 e. The van der Waals surface area contributed by atoms with Crippen LogP contribution in [0.3, 0.4) is 0 Å². The molecule has 0 amide bonds.